The molecular formula is C28H25F6N9O2. The summed E-state index contributed by atoms with van der Waals surface area (Å²) in [5, 5.41) is 12.3. The summed E-state index contributed by atoms with van der Waals surface area (Å²) in [6.07, 6.45) is -6.70. The van der Waals surface area contributed by atoms with Crippen molar-refractivity contribution < 1.29 is 35.8 Å². The van der Waals surface area contributed by atoms with E-state index in [-0.39, 0.29) is 40.4 Å². The van der Waals surface area contributed by atoms with E-state index in [0.717, 1.165) is 23.6 Å². The molecule has 1 aliphatic carbocycles. The molecule has 0 aliphatic heterocycles. The number of ether oxygens (including phenoxy) is 2. The summed E-state index contributed by atoms with van der Waals surface area (Å²) in [5.41, 5.74) is -0.101. The third-order valence-electron chi connectivity index (χ3n) is 7.56. The second kappa shape index (κ2) is 11.2. The molecule has 17 heteroatoms. The van der Waals surface area contributed by atoms with Gasteiger partial charge in [-0.2, -0.15) is 18.3 Å². The van der Waals surface area contributed by atoms with Crippen molar-refractivity contribution >= 4 is 11.2 Å². The van der Waals surface area contributed by atoms with Crippen molar-refractivity contribution in [1.82, 2.24) is 38.9 Å². The molecule has 11 nitrogen and oxygen atoms in total. The predicted molar refractivity (Wildman–Crippen MR) is 146 cm³/mol. The van der Waals surface area contributed by atoms with Crippen LogP contribution in [0.1, 0.15) is 55.0 Å². The van der Waals surface area contributed by atoms with Crippen molar-refractivity contribution in [3.8, 4) is 28.8 Å². The number of nitrogens with zero attached hydrogens (tertiary/aromatic N) is 8. The lowest BCUT2D eigenvalue weighted by molar-refractivity contribution is -0.141. The molecular weight excluding hydrogens is 608 g/mol. The molecule has 1 aliphatic rings. The van der Waals surface area contributed by atoms with Gasteiger partial charge in [0.25, 0.3) is 6.43 Å². The first kappa shape index (κ1) is 30.1. The highest BCUT2D eigenvalue weighted by Gasteiger charge is 2.36. The van der Waals surface area contributed by atoms with Gasteiger partial charge in [-0.25, -0.2) is 37.8 Å². The van der Waals surface area contributed by atoms with Gasteiger partial charge in [-0.15, -0.1) is 0 Å². The zero-order valence-electron chi connectivity index (χ0n) is 23.9. The molecule has 0 spiro atoms. The number of halogens is 6. The summed E-state index contributed by atoms with van der Waals surface area (Å²) in [7, 11) is 2.63. The van der Waals surface area contributed by atoms with E-state index in [1.807, 2.05) is 0 Å². The number of hydrogen-bond donors (Lipinski definition) is 1. The van der Waals surface area contributed by atoms with Gasteiger partial charge in [-0.05, 0) is 37.5 Å². The minimum atomic E-state index is -4.69. The van der Waals surface area contributed by atoms with Gasteiger partial charge in [0.05, 0.1) is 37.8 Å². The summed E-state index contributed by atoms with van der Waals surface area (Å²) in [4.78, 5) is 17.5. The van der Waals surface area contributed by atoms with Crippen LogP contribution in [0.4, 0.5) is 26.3 Å². The maximum Gasteiger partial charge on any atom is 0.435 e. The Balaban J connectivity index is 1.48. The highest BCUT2D eigenvalue weighted by Crippen LogP contribution is 2.45. The quantitative estimate of drug-likeness (QED) is 0.210. The molecule has 236 valence electrons. The maximum absolute atomic E-state index is 14.9. The fraction of sp³-hybridized carbons (Fsp3) is 0.357. The van der Waals surface area contributed by atoms with Gasteiger partial charge in [0.1, 0.15) is 17.4 Å². The highest BCUT2D eigenvalue weighted by molar-refractivity contribution is 5.76. The number of nitrogens with one attached hydrogen (secondary N) is 1. The number of benzene rings is 1. The lowest BCUT2D eigenvalue weighted by Crippen LogP contribution is -2.30. The lowest BCUT2D eigenvalue weighted by Gasteiger charge is -2.16. The summed E-state index contributed by atoms with van der Waals surface area (Å²) in [6.45, 7) is 1.65. The molecule has 0 radical (unpaired) electrons. The molecule has 1 saturated carbocycles. The van der Waals surface area contributed by atoms with Crippen LogP contribution in [0.15, 0.2) is 42.9 Å². The molecule has 6 rings (SSSR count). The number of rotatable bonds is 9. The normalized spacial score (nSPS) is 15.1. The van der Waals surface area contributed by atoms with Gasteiger partial charge in [-0.1, -0.05) is 12.1 Å². The Kier molecular flexibility index (Phi) is 7.48. The van der Waals surface area contributed by atoms with E-state index in [0.29, 0.717) is 21.4 Å². The average molecular weight is 634 g/mol. The number of hydrogen-bond acceptors (Lipinski definition) is 8. The van der Waals surface area contributed by atoms with Gasteiger partial charge in [0.2, 0.25) is 23.7 Å². The Bertz CT molecular complexity index is 1930. The second-order valence-corrected chi connectivity index (χ2v) is 10.3. The van der Waals surface area contributed by atoms with Crippen molar-refractivity contribution in [3.05, 3.63) is 65.4 Å². The zero-order chi connectivity index (χ0) is 32.2. The van der Waals surface area contributed by atoms with Crippen LogP contribution in [0.25, 0.3) is 28.2 Å². The van der Waals surface area contributed by atoms with Crippen LogP contribution in [0.2, 0.25) is 0 Å². The Morgan fingerprint density at radius 1 is 0.978 bits per heavy atom. The Labute approximate surface area is 250 Å². The minimum absolute atomic E-state index is 0.0129. The SMILES string of the molecule is COc1ncnc(C2CC2)c1-c1ncc2c(n1)n([C@H](C)c1ccc(-n3nc(C(F)(F)F)cc3OC)cc1)c(=N)n2C(F)C(F)F. The first-order valence-electron chi connectivity index (χ1n) is 13.6. The van der Waals surface area contributed by atoms with Crippen LogP contribution >= 0.6 is 0 Å². The van der Waals surface area contributed by atoms with Gasteiger partial charge >= 0.3 is 6.18 Å². The molecule has 45 heavy (non-hydrogen) atoms. The van der Waals surface area contributed by atoms with Crippen LogP contribution in [-0.4, -0.2) is 59.5 Å². The molecule has 1 aromatic carbocycles. The molecule has 1 N–H and O–H groups in total. The van der Waals surface area contributed by atoms with Gasteiger partial charge in [0, 0.05) is 12.0 Å². The third kappa shape index (κ3) is 5.25. The third-order valence-corrected chi connectivity index (χ3v) is 7.56. The number of fused-ring (bicyclic) bond motifs is 1. The molecule has 1 fully saturated rings. The van der Waals surface area contributed by atoms with E-state index < -0.39 is 36.3 Å². The Morgan fingerprint density at radius 3 is 2.29 bits per heavy atom. The monoisotopic (exact) mass is 633 g/mol. The van der Waals surface area contributed by atoms with E-state index >= 15 is 0 Å². The fourth-order valence-electron chi connectivity index (χ4n) is 5.18. The molecule has 1 unspecified atom stereocenters. The first-order chi connectivity index (χ1) is 21.4. The van der Waals surface area contributed by atoms with E-state index in [2.05, 4.69) is 25.0 Å². The topological polar surface area (TPSA) is 122 Å². The van der Waals surface area contributed by atoms with Crippen LogP contribution < -0.4 is 15.1 Å². The van der Waals surface area contributed by atoms with E-state index in [1.165, 1.54) is 43.4 Å². The molecule has 2 atom stereocenters. The largest absolute Gasteiger partial charge is 0.481 e. The van der Waals surface area contributed by atoms with Crippen molar-refractivity contribution in [1.29, 1.82) is 5.41 Å². The standard InChI is InChI=1S/C28H25F6N9O2/c1-13(14-6-8-16(9-7-14)43-19(44-2)10-18(40-43)28(32,33)34)41-25-17(42(27(41)35)23(31)22(29)30)11-36-24(39-25)20-21(15-4-5-15)37-12-38-26(20)45-3/h6-13,15,22-23,35H,4-5H2,1-3H3/t13-,23?/m1/s1. The first-order valence-corrected chi connectivity index (χ1v) is 13.6. The van der Waals surface area contributed by atoms with E-state index in [9.17, 15) is 26.3 Å². The van der Waals surface area contributed by atoms with Crippen LogP contribution in [0.3, 0.4) is 0 Å². The summed E-state index contributed by atoms with van der Waals surface area (Å²) in [5.74, 6) is 0.288. The van der Waals surface area contributed by atoms with E-state index in [1.54, 1.807) is 19.1 Å². The fourth-order valence-corrected chi connectivity index (χ4v) is 5.18. The summed E-state index contributed by atoms with van der Waals surface area (Å²) < 4.78 is 95.3. The van der Waals surface area contributed by atoms with Gasteiger partial charge in [-0.3, -0.25) is 14.5 Å². The highest BCUT2D eigenvalue weighted by atomic mass is 19.4. The van der Waals surface area contributed by atoms with E-state index in [4.69, 9.17) is 14.9 Å². The number of imidazole rings is 1. The van der Waals surface area contributed by atoms with Gasteiger partial charge < -0.3 is 9.47 Å². The van der Waals surface area contributed by atoms with Crippen molar-refractivity contribution in [3.63, 3.8) is 0 Å². The molecule has 0 bridgehead atoms. The average Bonchev–Trinajstić information content (AvgIpc) is 3.70. The maximum atomic E-state index is 14.9. The smallest absolute Gasteiger partial charge is 0.435 e. The minimum Gasteiger partial charge on any atom is -0.481 e. The summed E-state index contributed by atoms with van der Waals surface area (Å²) >= 11 is 0. The summed E-state index contributed by atoms with van der Waals surface area (Å²) in [6, 6.07) is 6.07. The number of aromatic nitrogens is 8. The Hall–Kier alpha value is -4.96. The Morgan fingerprint density at radius 2 is 1.69 bits per heavy atom. The second-order valence-electron chi connectivity index (χ2n) is 10.3. The number of alkyl halides is 6. The lowest BCUT2D eigenvalue weighted by atomic mass is 10.1. The van der Waals surface area contributed by atoms with Crippen LogP contribution in [-0.2, 0) is 6.18 Å². The molecule has 0 saturated heterocycles. The molecule has 4 aromatic heterocycles. The molecule has 4 heterocycles. The van der Waals surface area contributed by atoms with Crippen molar-refractivity contribution in [2.75, 3.05) is 14.2 Å². The molecule has 0 amide bonds. The number of methoxy groups -OCH3 is 2. The zero-order valence-corrected chi connectivity index (χ0v) is 23.9. The predicted octanol–water partition coefficient (Wildman–Crippen LogP) is 5.61. The van der Waals surface area contributed by atoms with Crippen molar-refractivity contribution in [2.45, 2.75) is 50.6 Å². The van der Waals surface area contributed by atoms with Crippen LogP contribution in [0.5, 0.6) is 11.8 Å². The van der Waals surface area contributed by atoms with Gasteiger partial charge in [0.15, 0.2) is 17.2 Å². The van der Waals surface area contributed by atoms with Crippen LogP contribution in [0, 0.1) is 5.41 Å². The van der Waals surface area contributed by atoms with Crippen molar-refractivity contribution in [2.24, 2.45) is 0 Å². The molecule has 5 aromatic rings.